The van der Waals surface area contributed by atoms with Gasteiger partial charge in [0.15, 0.2) is 11.4 Å². The van der Waals surface area contributed by atoms with Crippen LogP contribution in [0.3, 0.4) is 0 Å². The van der Waals surface area contributed by atoms with Crippen LogP contribution < -0.4 is 0 Å². The van der Waals surface area contributed by atoms with Gasteiger partial charge in [-0.3, -0.25) is 9.59 Å². The molecule has 0 saturated heterocycles. The molecule has 2 rings (SSSR count). The van der Waals surface area contributed by atoms with Crippen LogP contribution >= 0.6 is 0 Å². The molecule has 1 heterocycles. The lowest BCUT2D eigenvalue weighted by Crippen LogP contribution is -2.44. The standard InChI is InChI=1S/C17H21NO3/c1-5-17(13(3)19,21-14(4)20)11-18-9-8-15-10-12(2)6-7-16(15)18/h6-10H,5,11H2,1-4H3/t17-/m0/s1. The molecule has 1 aromatic heterocycles. The minimum absolute atomic E-state index is 0.130. The summed E-state index contributed by atoms with van der Waals surface area (Å²) in [5, 5.41) is 1.12. The lowest BCUT2D eigenvalue weighted by atomic mass is 9.95. The summed E-state index contributed by atoms with van der Waals surface area (Å²) in [6, 6.07) is 8.17. The maximum atomic E-state index is 12.1. The van der Waals surface area contributed by atoms with E-state index in [1.54, 1.807) is 0 Å². The van der Waals surface area contributed by atoms with Gasteiger partial charge in [0.05, 0.1) is 6.54 Å². The van der Waals surface area contributed by atoms with Crippen LogP contribution in [0.1, 0.15) is 32.8 Å². The molecule has 21 heavy (non-hydrogen) atoms. The maximum absolute atomic E-state index is 12.1. The first kappa shape index (κ1) is 15.3. The topological polar surface area (TPSA) is 48.3 Å². The molecule has 0 spiro atoms. The molecule has 0 unspecified atom stereocenters. The van der Waals surface area contributed by atoms with E-state index in [9.17, 15) is 9.59 Å². The lowest BCUT2D eigenvalue weighted by molar-refractivity contribution is -0.166. The minimum Gasteiger partial charge on any atom is -0.449 e. The Kier molecular flexibility index (Phi) is 4.16. The van der Waals surface area contributed by atoms with Gasteiger partial charge in [-0.2, -0.15) is 0 Å². The van der Waals surface area contributed by atoms with Crippen molar-refractivity contribution in [2.24, 2.45) is 0 Å². The highest BCUT2D eigenvalue weighted by Crippen LogP contribution is 2.25. The minimum atomic E-state index is -1.09. The number of carbonyl (C=O) groups excluding carboxylic acids is 2. The molecule has 0 fully saturated rings. The van der Waals surface area contributed by atoms with Crippen molar-refractivity contribution in [1.82, 2.24) is 4.57 Å². The predicted molar refractivity (Wildman–Crippen MR) is 82.1 cm³/mol. The second kappa shape index (κ2) is 5.72. The van der Waals surface area contributed by atoms with Gasteiger partial charge < -0.3 is 9.30 Å². The van der Waals surface area contributed by atoms with Crippen LogP contribution in [0.15, 0.2) is 30.5 Å². The molecule has 112 valence electrons. The SMILES string of the molecule is CC[C@@](Cn1ccc2cc(C)ccc21)(OC(C)=O)C(C)=O. The van der Waals surface area contributed by atoms with E-state index in [1.807, 2.05) is 42.8 Å². The number of ether oxygens (including phenoxy) is 1. The van der Waals surface area contributed by atoms with Gasteiger partial charge in [0, 0.05) is 18.6 Å². The van der Waals surface area contributed by atoms with Crippen LogP contribution in [-0.2, 0) is 20.9 Å². The Labute approximate surface area is 124 Å². The van der Waals surface area contributed by atoms with E-state index in [4.69, 9.17) is 4.74 Å². The lowest BCUT2D eigenvalue weighted by Gasteiger charge is -2.30. The molecule has 0 aliphatic carbocycles. The summed E-state index contributed by atoms with van der Waals surface area (Å²) < 4.78 is 7.36. The zero-order valence-corrected chi connectivity index (χ0v) is 13.0. The largest absolute Gasteiger partial charge is 0.449 e. The van der Waals surface area contributed by atoms with Crippen LogP contribution in [0.4, 0.5) is 0 Å². The van der Waals surface area contributed by atoms with Crippen molar-refractivity contribution >= 4 is 22.7 Å². The van der Waals surface area contributed by atoms with E-state index in [0.717, 1.165) is 10.9 Å². The smallest absolute Gasteiger partial charge is 0.303 e. The highest BCUT2D eigenvalue weighted by Gasteiger charge is 2.37. The van der Waals surface area contributed by atoms with Crippen molar-refractivity contribution in [2.45, 2.75) is 46.3 Å². The molecule has 1 atom stereocenters. The fourth-order valence-electron chi connectivity index (χ4n) is 2.66. The van der Waals surface area contributed by atoms with E-state index in [-0.39, 0.29) is 5.78 Å². The van der Waals surface area contributed by atoms with Gasteiger partial charge >= 0.3 is 5.97 Å². The van der Waals surface area contributed by atoms with Gasteiger partial charge in [0.1, 0.15) is 0 Å². The van der Waals surface area contributed by atoms with Gasteiger partial charge in [0.2, 0.25) is 0 Å². The zero-order valence-electron chi connectivity index (χ0n) is 13.0. The average Bonchev–Trinajstić information content (AvgIpc) is 2.79. The number of aromatic nitrogens is 1. The van der Waals surface area contributed by atoms with Crippen molar-refractivity contribution in [2.75, 3.05) is 0 Å². The van der Waals surface area contributed by atoms with Crippen molar-refractivity contribution in [1.29, 1.82) is 0 Å². The molecule has 0 radical (unpaired) electrons. The number of carbonyl (C=O) groups is 2. The summed E-state index contributed by atoms with van der Waals surface area (Å²) in [5.41, 5.74) is 1.13. The summed E-state index contributed by atoms with van der Waals surface area (Å²) in [5.74, 6) is -0.562. The third-order valence-corrected chi connectivity index (χ3v) is 3.90. The molecule has 1 aromatic carbocycles. The fraction of sp³-hybridized carbons (Fsp3) is 0.412. The number of nitrogens with zero attached hydrogens (tertiary/aromatic N) is 1. The number of benzene rings is 1. The molecule has 0 aliphatic heterocycles. The first-order chi connectivity index (χ1) is 9.88. The van der Waals surface area contributed by atoms with E-state index in [1.165, 1.54) is 19.4 Å². The number of hydrogen-bond donors (Lipinski definition) is 0. The van der Waals surface area contributed by atoms with Crippen LogP contribution in [0.25, 0.3) is 10.9 Å². The quantitative estimate of drug-likeness (QED) is 0.793. The Morgan fingerprint density at radius 2 is 1.95 bits per heavy atom. The Balaban J connectivity index is 2.43. The van der Waals surface area contributed by atoms with Crippen molar-refractivity contribution in [3.8, 4) is 0 Å². The van der Waals surface area contributed by atoms with E-state index < -0.39 is 11.6 Å². The van der Waals surface area contributed by atoms with Gasteiger partial charge in [0.25, 0.3) is 0 Å². The van der Waals surface area contributed by atoms with Crippen LogP contribution in [-0.4, -0.2) is 21.9 Å². The Morgan fingerprint density at radius 1 is 1.24 bits per heavy atom. The number of hydrogen-bond acceptors (Lipinski definition) is 3. The van der Waals surface area contributed by atoms with Gasteiger partial charge in [-0.1, -0.05) is 18.6 Å². The number of Topliss-reactive ketones (excluding diaryl/α,β-unsaturated/α-hetero) is 1. The highest BCUT2D eigenvalue weighted by molar-refractivity contribution is 5.88. The summed E-state index contributed by atoms with van der Waals surface area (Å²) >= 11 is 0. The predicted octanol–water partition coefficient (Wildman–Crippen LogP) is 3.25. The first-order valence-electron chi connectivity index (χ1n) is 7.14. The summed E-state index contributed by atoms with van der Waals surface area (Å²) in [4.78, 5) is 23.4. The Morgan fingerprint density at radius 3 is 2.52 bits per heavy atom. The number of esters is 1. The molecule has 2 aromatic rings. The van der Waals surface area contributed by atoms with Gasteiger partial charge in [-0.25, -0.2) is 0 Å². The molecule has 0 N–H and O–H groups in total. The third-order valence-electron chi connectivity index (χ3n) is 3.90. The number of ketones is 1. The number of rotatable bonds is 5. The summed E-state index contributed by atoms with van der Waals surface area (Å²) in [7, 11) is 0. The molecule has 0 aliphatic rings. The number of fused-ring (bicyclic) bond motifs is 1. The zero-order chi connectivity index (χ0) is 15.6. The molecule has 0 amide bonds. The Hall–Kier alpha value is -2.10. The fourth-order valence-corrected chi connectivity index (χ4v) is 2.66. The normalized spacial score (nSPS) is 13.9. The monoisotopic (exact) mass is 287 g/mol. The second-order valence-corrected chi connectivity index (χ2v) is 5.50. The van der Waals surface area contributed by atoms with Crippen molar-refractivity contribution in [3.63, 3.8) is 0 Å². The second-order valence-electron chi connectivity index (χ2n) is 5.50. The summed E-state index contributed by atoms with van der Waals surface area (Å²) in [6.45, 7) is 7.06. The summed E-state index contributed by atoms with van der Waals surface area (Å²) in [6.07, 6.45) is 2.38. The highest BCUT2D eigenvalue weighted by atomic mass is 16.6. The van der Waals surface area contributed by atoms with E-state index in [2.05, 4.69) is 6.07 Å². The number of aryl methyl sites for hydroxylation is 1. The van der Waals surface area contributed by atoms with Crippen LogP contribution in [0.2, 0.25) is 0 Å². The first-order valence-corrected chi connectivity index (χ1v) is 7.14. The molecule has 0 bridgehead atoms. The van der Waals surface area contributed by atoms with Crippen LogP contribution in [0, 0.1) is 6.92 Å². The maximum Gasteiger partial charge on any atom is 0.303 e. The van der Waals surface area contributed by atoms with Crippen molar-refractivity contribution < 1.29 is 14.3 Å². The van der Waals surface area contributed by atoms with Crippen LogP contribution in [0.5, 0.6) is 0 Å². The molecular weight excluding hydrogens is 266 g/mol. The molecule has 4 heteroatoms. The third kappa shape index (κ3) is 2.99. The van der Waals surface area contributed by atoms with E-state index in [0.29, 0.717) is 13.0 Å². The van der Waals surface area contributed by atoms with Gasteiger partial charge in [-0.15, -0.1) is 0 Å². The molecule has 4 nitrogen and oxygen atoms in total. The van der Waals surface area contributed by atoms with E-state index >= 15 is 0 Å². The molecule has 0 saturated carbocycles. The Bertz CT molecular complexity index is 686. The average molecular weight is 287 g/mol. The van der Waals surface area contributed by atoms with Crippen molar-refractivity contribution in [3.05, 3.63) is 36.0 Å². The molecular formula is C17H21NO3. The van der Waals surface area contributed by atoms with Gasteiger partial charge in [-0.05, 0) is 43.9 Å².